The van der Waals surface area contributed by atoms with Gasteiger partial charge >= 0.3 is 11.7 Å². The molecular formula is C20H19NO4. The van der Waals surface area contributed by atoms with Crippen LogP contribution in [0.1, 0.15) is 13.8 Å². The Hall–Kier alpha value is -3.08. The van der Waals surface area contributed by atoms with Crippen LogP contribution in [0, 0.1) is 0 Å². The van der Waals surface area contributed by atoms with Crippen LogP contribution in [0.2, 0.25) is 0 Å². The summed E-state index contributed by atoms with van der Waals surface area (Å²) in [6.07, 6.45) is -0.424. The molecule has 1 heterocycles. The van der Waals surface area contributed by atoms with Crippen molar-refractivity contribution in [2.45, 2.75) is 13.8 Å². The average Bonchev–Trinajstić information content (AvgIpc) is 2.63. The lowest BCUT2D eigenvalue weighted by molar-refractivity contribution is 0.157. The molecule has 0 N–H and O–H groups in total. The molecule has 0 aliphatic carbocycles. The molecule has 0 aliphatic rings. The maximum absolute atomic E-state index is 12.3. The van der Waals surface area contributed by atoms with Crippen molar-refractivity contribution in [3.8, 4) is 16.9 Å². The number of hydrogen-bond donors (Lipinski definition) is 0. The first-order chi connectivity index (χ1) is 12.1. The van der Waals surface area contributed by atoms with Crippen molar-refractivity contribution in [2.75, 3.05) is 13.1 Å². The summed E-state index contributed by atoms with van der Waals surface area (Å²) in [7, 11) is 0. The lowest BCUT2D eigenvalue weighted by Crippen LogP contribution is -2.33. The number of amides is 1. The highest BCUT2D eigenvalue weighted by Gasteiger charge is 2.13. The van der Waals surface area contributed by atoms with Crippen molar-refractivity contribution in [1.82, 2.24) is 4.90 Å². The van der Waals surface area contributed by atoms with Crippen molar-refractivity contribution in [2.24, 2.45) is 0 Å². The maximum Gasteiger partial charge on any atom is 0.415 e. The zero-order valence-electron chi connectivity index (χ0n) is 14.2. The predicted octanol–water partition coefficient (Wildman–Crippen LogP) is 4.30. The van der Waals surface area contributed by atoms with Crippen LogP contribution in [-0.4, -0.2) is 24.1 Å². The number of carbonyl (C=O) groups excluding carboxylic acids is 1. The minimum absolute atomic E-state index is 0.347. The second-order valence-corrected chi connectivity index (χ2v) is 5.55. The number of fused-ring (bicyclic) bond motifs is 1. The highest BCUT2D eigenvalue weighted by Crippen LogP contribution is 2.24. The number of hydrogen-bond acceptors (Lipinski definition) is 4. The van der Waals surface area contributed by atoms with Crippen molar-refractivity contribution in [3.05, 3.63) is 65.0 Å². The molecule has 0 fully saturated rings. The van der Waals surface area contributed by atoms with Gasteiger partial charge in [0.1, 0.15) is 11.3 Å². The van der Waals surface area contributed by atoms with Gasteiger partial charge in [-0.05, 0) is 37.6 Å². The molecule has 0 spiro atoms. The van der Waals surface area contributed by atoms with Gasteiger partial charge in [-0.15, -0.1) is 0 Å². The van der Waals surface area contributed by atoms with Gasteiger partial charge in [0.25, 0.3) is 0 Å². The SMILES string of the molecule is CCN(CC)C(=O)Oc1ccc2cc(-c3ccccc3)c(=O)oc2c1. The van der Waals surface area contributed by atoms with E-state index in [0.717, 1.165) is 10.9 Å². The molecular weight excluding hydrogens is 318 g/mol. The summed E-state index contributed by atoms with van der Waals surface area (Å²) in [5.41, 5.74) is 1.26. The summed E-state index contributed by atoms with van der Waals surface area (Å²) in [6, 6.07) is 16.2. The normalized spacial score (nSPS) is 10.6. The molecule has 1 aromatic heterocycles. The molecule has 0 atom stereocenters. The van der Waals surface area contributed by atoms with Gasteiger partial charge in [0.2, 0.25) is 0 Å². The van der Waals surface area contributed by atoms with Crippen LogP contribution >= 0.6 is 0 Å². The van der Waals surface area contributed by atoms with E-state index in [1.807, 2.05) is 44.2 Å². The molecule has 5 heteroatoms. The van der Waals surface area contributed by atoms with Crippen LogP contribution in [-0.2, 0) is 0 Å². The van der Waals surface area contributed by atoms with E-state index in [0.29, 0.717) is 30.0 Å². The minimum Gasteiger partial charge on any atom is -0.422 e. The van der Waals surface area contributed by atoms with Gasteiger partial charge < -0.3 is 14.1 Å². The van der Waals surface area contributed by atoms with Crippen molar-refractivity contribution < 1.29 is 13.9 Å². The Morgan fingerprint density at radius 3 is 2.44 bits per heavy atom. The maximum atomic E-state index is 12.3. The van der Waals surface area contributed by atoms with Crippen LogP contribution in [0.4, 0.5) is 4.79 Å². The molecule has 25 heavy (non-hydrogen) atoms. The number of carbonyl (C=O) groups is 1. The molecule has 0 bridgehead atoms. The van der Waals surface area contributed by atoms with Gasteiger partial charge in [0, 0.05) is 24.5 Å². The summed E-state index contributed by atoms with van der Waals surface area (Å²) in [6.45, 7) is 4.90. The first-order valence-corrected chi connectivity index (χ1v) is 8.22. The van der Waals surface area contributed by atoms with Crippen LogP contribution in [0.15, 0.2) is 63.8 Å². The molecule has 2 aromatic carbocycles. The van der Waals surface area contributed by atoms with E-state index in [4.69, 9.17) is 9.15 Å². The Balaban J connectivity index is 1.94. The highest BCUT2D eigenvalue weighted by molar-refractivity contribution is 5.83. The molecule has 0 saturated heterocycles. The quantitative estimate of drug-likeness (QED) is 0.666. The summed E-state index contributed by atoms with van der Waals surface area (Å²) < 4.78 is 10.8. The summed E-state index contributed by atoms with van der Waals surface area (Å²) >= 11 is 0. The molecule has 0 aliphatic heterocycles. The third-order valence-corrected chi connectivity index (χ3v) is 4.02. The first-order valence-electron chi connectivity index (χ1n) is 8.22. The van der Waals surface area contributed by atoms with Crippen molar-refractivity contribution in [3.63, 3.8) is 0 Å². The zero-order chi connectivity index (χ0) is 17.8. The number of nitrogens with zero attached hydrogens (tertiary/aromatic N) is 1. The molecule has 5 nitrogen and oxygen atoms in total. The smallest absolute Gasteiger partial charge is 0.415 e. The van der Waals surface area contributed by atoms with E-state index < -0.39 is 11.7 Å². The fourth-order valence-corrected chi connectivity index (χ4v) is 2.62. The first kappa shape index (κ1) is 16.8. The van der Waals surface area contributed by atoms with Crippen LogP contribution in [0.3, 0.4) is 0 Å². The Morgan fingerprint density at radius 2 is 1.76 bits per heavy atom. The number of benzene rings is 2. The Bertz CT molecular complexity index is 943. The second-order valence-electron chi connectivity index (χ2n) is 5.55. The fourth-order valence-electron chi connectivity index (χ4n) is 2.62. The van der Waals surface area contributed by atoms with Gasteiger partial charge in [-0.3, -0.25) is 0 Å². The van der Waals surface area contributed by atoms with Gasteiger partial charge in [0.15, 0.2) is 0 Å². The molecule has 0 radical (unpaired) electrons. The van der Waals surface area contributed by atoms with E-state index in [1.54, 1.807) is 29.2 Å². The summed E-state index contributed by atoms with van der Waals surface area (Å²) in [5, 5.41) is 0.765. The number of rotatable bonds is 4. The molecule has 3 aromatic rings. The van der Waals surface area contributed by atoms with Gasteiger partial charge in [0.05, 0.1) is 5.56 Å². The Morgan fingerprint density at radius 1 is 1.04 bits per heavy atom. The molecule has 0 unspecified atom stereocenters. The van der Waals surface area contributed by atoms with E-state index in [1.165, 1.54) is 0 Å². The Kier molecular flexibility index (Phi) is 4.84. The minimum atomic E-state index is -0.425. The van der Waals surface area contributed by atoms with Gasteiger partial charge in [-0.25, -0.2) is 9.59 Å². The van der Waals surface area contributed by atoms with Crippen LogP contribution < -0.4 is 10.4 Å². The largest absolute Gasteiger partial charge is 0.422 e. The van der Waals surface area contributed by atoms with Gasteiger partial charge in [-0.1, -0.05) is 30.3 Å². The lowest BCUT2D eigenvalue weighted by atomic mass is 10.1. The van der Waals surface area contributed by atoms with Gasteiger partial charge in [-0.2, -0.15) is 0 Å². The topological polar surface area (TPSA) is 59.8 Å². The molecule has 0 saturated carbocycles. The zero-order valence-corrected chi connectivity index (χ0v) is 14.2. The monoisotopic (exact) mass is 337 g/mol. The molecule has 128 valence electrons. The van der Waals surface area contributed by atoms with Crippen molar-refractivity contribution in [1.29, 1.82) is 0 Å². The summed E-state index contributed by atoms with van der Waals surface area (Å²) in [5.74, 6) is 0.347. The Labute approximate surface area is 145 Å². The van der Waals surface area contributed by atoms with E-state index >= 15 is 0 Å². The molecule has 1 amide bonds. The average molecular weight is 337 g/mol. The van der Waals surface area contributed by atoms with Crippen molar-refractivity contribution >= 4 is 17.1 Å². The third-order valence-electron chi connectivity index (χ3n) is 4.02. The van der Waals surface area contributed by atoms with Crippen LogP contribution in [0.25, 0.3) is 22.1 Å². The third kappa shape index (κ3) is 3.55. The van der Waals surface area contributed by atoms with E-state index in [-0.39, 0.29) is 0 Å². The fraction of sp³-hybridized carbons (Fsp3) is 0.200. The van der Waals surface area contributed by atoms with E-state index in [2.05, 4.69) is 0 Å². The number of ether oxygens (including phenoxy) is 1. The highest BCUT2D eigenvalue weighted by atomic mass is 16.6. The molecule has 3 rings (SSSR count). The second kappa shape index (κ2) is 7.21. The summed E-state index contributed by atoms with van der Waals surface area (Å²) in [4.78, 5) is 25.9. The lowest BCUT2D eigenvalue weighted by Gasteiger charge is -2.17. The van der Waals surface area contributed by atoms with Crippen LogP contribution in [0.5, 0.6) is 5.75 Å². The standard InChI is InChI=1S/C20H19NO4/c1-3-21(4-2)20(23)24-16-11-10-15-12-17(14-8-6-5-7-9-14)19(22)25-18(15)13-16/h5-13H,3-4H2,1-2H3. The predicted molar refractivity (Wildman–Crippen MR) is 96.9 cm³/mol. The van der Waals surface area contributed by atoms with E-state index in [9.17, 15) is 9.59 Å².